The first kappa shape index (κ1) is 23.2. The van der Waals surface area contributed by atoms with Crippen LogP contribution in [0.15, 0.2) is 47.9 Å². The first-order valence-electron chi connectivity index (χ1n) is 11.8. The molecule has 0 spiro atoms. The first-order chi connectivity index (χ1) is 16.1. The number of likely N-dealkylation sites (tertiary alicyclic amines) is 2. The van der Waals surface area contributed by atoms with Gasteiger partial charge < -0.3 is 15.5 Å². The van der Waals surface area contributed by atoms with Gasteiger partial charge in [0.25, 0.3) is 0 Å². The van der Waals surface area contributed by atoms with Crippen LogP contribution in [-0.2, 0) is 22.6 Å². The Hall–Kier alpha value is -3.00. The number of pyridine rings is 2. The fraction of sp³-hybridized carbons (Fsp3) is 0.520. The van der Waals surface area contributed by atoms with Gasteiger partial charge in [-0.05, 0) is 68.6 Å². The second kappa shape index (κ2) is 11.2. The Kier molecular flexibility index (Phi) is 7.88. The summed E-state index contributed by atoms with van der Waals surface area (Å²) >= 11 is 0. The van der Waals surface area contributed by atoms with E-state index in [9.17, 15) is 4.79 Å². The lowest BCUT2D eigenvalue weighted by Gasteiger charge is -2.37. The standard InChI is InChI=1S/C25H34N6O2/c1-33-29-23(17-22-4-2-3-10-27-22)20-8-14-31(15-9-20)25(32)21-6-12-30(13-7-21)18-19-5-11-28-24(26)16-19/h2-5,10-11,16,20-21H,6-9,12-15,17-18H2,1H3,(H2,26,28)/b29-23-. The van der Waals surface area contributed by atoms with Crippen LogP contribution in [0.3, 0.4) is 0 Å². The van der Waals surface area contributed by atoms with Crippen LogP contribution in [0.4, 0.5) is 5.82 Å². The maximum atomic E-state index is 13.2. The van der Waals surface area contributed by atoms with Crippen molar-refractivity contribution < 1.29 is 9.63 Å². The monoisotopic (exact) mass is 450 g/mol. The summed E-state index contributed by atoms with van der Waals surface area (Å²) < 4.78 is 0. The number of rotatable bonds is 7. The average molecular weight is 451 g/mol. The molecular weight excluding hydrogens is 416 g/mol. The van der Waals surface area contributed by atoms with Gasteiger partial charge in [-0.15, -0.1) is 0 Å². The smallest absolute Gasteiger partial charge is 0.225 e. The van der Waals surface area contributed by atoms with Crippen molar-refractivity contribution >= 4 is 17.4 Å². The third kappa shape index (κ3) is 6.28. The van der Waals surface area contributed by atoms with Gasteiger partial charge in [0.05, 0.1) is 5.71 Å². The maximum Gasteiger partial charge on any atom is 0.225 e. The number of nitrogens with two attached hydrogens (primary N) is 1. The van der Waals surface area contributed by atoms with Crippen LogP contribution in [0, 0.1) is 11.8 Å². The van der Waals surface area contributed by atoms with E-state index in [1.54, 1.807) is 19.5 Å². The molecule has 2 aliphatic heterocycles. The Morgan fingerprint density at radius 1 is 1.06 bits per heavy atom. The van der Waals surface area contributed by atoms with E-state index in [0.29, 0.717) is 24.1 Å². The van der Waals surface area contributed by atoms with Crippen molar-refractivity contribution in [3.05, 3.63) is 54.0 Å². The fourth-order valence-electron chi connectivity index (χ4n) is 4.94. The van der Waals surface area contributed by atoms with Gasteiger partial charge in [0.2, 0.25) is 5.91 Å². The number of oxime groups is 1. The molecule has 0 atom stereocenters. The highest BCUT2D eigenvalue weighted by Gasteiger charge is 2.32. The number of hydrogen-bond donors (Lipinski definition) is 1. The minimum Gasteiger partial charge on any atom is -0.399 e. The van der Waals surface area contributed by atoms with Crippen LogP contribution in [0.25, 0.3) is 0 Å². The number of anilines is 1. The summed E-state index contributed by atoms with van der Waals surface area (Å²) in [5.41, 5.74) is 8.98. The molecule has 4 rings (SSSR count). The molecule has 2 aromatic rings. The zero-order chi connectivity index (χ0) is 23.0. The van der Waals surface area contributed by atoms with Crippen molar-refractivity contribution in [1.82, 2.24) is 19.8 Å². The number of piperidine rings is 2. The van der Waals surface area contributed by atoms with Crippen molar-refractivity contribution in [2.75, 3.05) is 39.0 Å². The zero-order valence-electron chi connectivity index (χ0n) is 19.4. The minimum atomic E-state index is 0.126. The molecule has 2 aliphatic rings. The summed E-state index contributed by atoms with van der Waals surface area (Å²) in [5.74, 6) is 1.32. The molecular formula is C25H34N6O2. The number of carbonyl (C=O) groups excluding carboxylic acids is 1. The van der Waals surface area contributed by atoms with E-state index in [2.05, 4.69) is 24.9 Å². The third-order valence-electron chi connectivity index (χ3n) is 6.76. The second-order valence-corrected chi connectivity index (χ2v) is 9.00. The van der Waals surface area contributed by atoms with E-state index in [0.717, 1.165) is 69.8 Å². The summed E-state index contributed by atoms with van der Waals surface area (Å²) in [6.45, 7) is 4.29. The highest BCUT2D eigenvalue weighted by Crippen LogP contribution is 2.26. The molecule has 2 N–H and O–H groups in total. The van der Waals surface area contributed by atoms with Crippen molar-refractivity contribution in [1.29, 1.82) is 0 Å². The third-order valence-corrected chi connectivity index (χ3v) is 6.76. The van der Waals surface area contributed by atoms with Gasteiger partial charge in [-0.3, -0.25) is 14.7 Å². The summed E-state index contributed by atoms with van der Waals surface area (Å²) in [6, 6.07) is 9.86. The number of amides is 1. The van der Waals surface area contributed by atoms with Crippen molar-refractivity contribution in [2.45, 2.75) is 38.6 Å². The van der Waals surface area contributed by atoms with Crippen molar-refractivity contribution in [3.8, 4) is 0 Å². The normalized spacial score (nSPS) is 18.9. The Morgan fingerprint density at radius 2 is 1.82 bits per heavy atom. The topological polar surface area (TPSA) is 96.9 Å². The van der Waals surface area contributed by atoms with Gasteiger partial charge in [-0.25, -0.2) is 4.98 Å². The predicted molar refractivity (Wildman–Crippen MR) is 128 cm³/mol. The molecule has 8 nitrogen and oxygen atoms in total. The van der Waals surface area contributed by atoms with Crippen LogP contribution >= 0.6 is 0 Å². The molecule has 33 heavy (non-hydrogen) atoms. The lowest BCUT2D eigenvalue weighted by atomic mass is 9.88. The molecule has 2 saturated heterocycles. The van der Waals surface area contributed by atoms with Gasteiger partial charge in [0, 0.05) is 56.0 Å². The summed E-state index contributed by atoms with van der Waals surface area (Å²) in [4.78, 5) is 31.2. The first-order valence-corrected chi connectivity index (χ1v) is 11.8. The van der Waals surface area contributed by atoms with Crippen molar-refractivity contribution in [2.24, 2.45) is 17.0 Å². The highest BCUT2D eigenvalue weighted by molar-refractivity contribution is 5.88. The predicted octanol–water partition coefficient (Wildman–Crippen LogP) is 2.75. The van der Waals surface area contributed by atoms with Gasteiger partial charge >= 0.3 is 0 Å². The fourth-order valence-corrected chi connectivity index (χ4v) is 4.94. The van der Waals surface area contributed by atoms with E-state index in [-0.39, 0.29) is 5.92 Å². The van der Waals surface area contributed by atoms with Crippen molar-refractivity contribution in [3.63, 3.8) is 0 Å². The van der Waals surface area contributed by atoms with E-state index in [4.69, 9.17) is 10.6 Å². The largest absolute Gasteiger partial charge is 0.399 e. The summed E-state index contributed by atoms with van der Waals surface area (Å²) in [6.07, 6.45) is 7.91. The Labute approximate surface area is 195 Å². The van der Waals surface area contributed by atoms with Gasteiger partial charge in [-0.1, -0.05) is 11.2 Å². The molecule has 0 saturated carbocycles. The van der Waals surface area contributed by atoms with Gasteiger partial charge in [0.1, 0.15) is 12.9 Å². The number of carbonyl (C=O) groups is 1. The molecule has 1 amide bonds. The lowest BCUT2D eigenvalue weighted by molar-refractivity contribution is -0.138. The van der Waals surface area contributed by atoms with Gasteiger partial charge in [-0.2, -0.15) is 0 Å². The van der Waals surface area contributed by atoms with E-state index in [1.165, 1.54) is 5.56 Å². The molecule has 2 fully saturated rings. The van der Waals surface area contributed by atoms with Crippen LogP contribution in [0.1, 0.15) is 36.9 Å². The van der Waals surface area contributed by atoms with Crippen LogP contribution in [-0.4, -0.2) is 64.7 Å². The molecule has 4 heterocycles. The number of nitrogens with zero attached hydrogens (tertiary/aromatic N) is 5. The molecule has 2 aromatic heterocycles. The minimum absolute atomic E-state index is 0.126. The molecule has 0 radical (unpaired) electrons. The van der Waals surface area contributed by atoms with Crippen LogP contribution in [0.2, 0.25) is 0 Å². The van der Waals surface area contributed by atoms with Crippen LogP contribution < -0.4 is 5.73 Å². The SMILES string of the molecule is CO/N=C(/Cc1ccccn1)C1CCN(C(=O)C2CCN(Cc3ccnc(N)c3)CC2)CC1. The average Bonchev–Trinajstić information content (AvgIpc) is 2.85. The molecule has 176 valence electrons. The Balaban J connectivity index is 1.25. The molecule has 0 aliphatic carbocycles. The van der Waals surface area contributed by atoms with Gasteiger partial charge in [0.15, 0.2) is 0 Å². The highest BCUT2D eigenvalue weighted by atomic mass is 16.6. The molecule has 0 unspecified atom stereocenters. The number of aromatic nitrogens is 2. The zero-order valence-corrected chi connectivity index (χ0v) is 19.4. The Bertz CT molecular complexity index is 935. The quantitative estimate of drug-likeness (QED) is 0.515. The number of hydrogen-bond acceptors (Lipinski definition) is 7. The summed E-state index contributed by atoms with van der Waals surface area (Å²) in [5, 5.41) is 4.31. The maximum absolute atomic E-state index is 13.2. The van der Waals surface area contributed by atoms with Crippen LogP contribution in [0.5, 0.6) is 0 Å². The summed E-state index contributed by atoms with van der Waals surface area (Å²) in [7, 11) is 1.59. The second-order valence-electron chi connectivity index (χ2n) is 9.00. The van der Waals surface area contributed by atoms with E-state index < -0.39 is 0 Å². The molecule has 0 bridgehead atoms. The number of nitrogen functional groups attached to an aromatic ring is 1. The lowest BCUT2D eigenvalue weighted by Crippen LogP contribution is -2.46. The Morgan fingerprint density at radius 3 is 2.48 bits per heavy atom. The molecule has 0 aromatic carbocycles. The molecule has 8 heteroatoms. The van der Waals surface area contributed by atoms with E-state index in [1.807, 2.05) is 30.3 Å². The van der Waals surface area contributed by atoms with E-state index >= 15 is 0 Å².